The summed E-state index contributed by atoms with van der Waals surface area (Å²) in [5.74, 6) is 0. The maximum Gasteiger partial charge on any atom is 0.00465 e. The lowest BCUT2D eigenvalue weighted by molar-refractivity contribution is 0.0883. The highest BCUT2D eigenvalue weighted by Gasteiger charge is 2.38. The molecule has 1 spiro atoms. The van der Waals surface area contributed by atoms with Crippen LogP contribution in [0.25, 0.3) is 0 Å². The molecule has 2 fully saturated rings. The molecule has 1 N–H and O–H groups in total. The molecule has 0 bridgehead atoms. The number of rotatable bonds is 0. The highest BCUT2D eigenvalue weighted by molar-refractivity contribution is 4.93. The zero-order valence-corrected chi connectivity index (χ0v) is 9.10. The van der Waals surface area contributed by atoms with Gasteiger partial charge in [0, 0.05) is 12.1 Å². The van der Waals surface area contributed by atoms with Gasteiger partial charge in [0.05, 0.1) is 0 Å². The third-order valence-electron chi connectivity index (χ3n) is 3.96. The van der Waals surface area contributed by atoms with Gasteiger partial charge in [-0.2, -0.15) is 0 Å². The van der Waals surface area contributed by atoms with E-state index in [1.54, 1.807) is 0 Å². The van der Waals surface area contributed by atoms with E-state index in [9.17, 15) is 0 Å². The van der Waals surface area contributed by atoms with Crippen molar-refractivity contribution in [3.63, 3.8) is 0 Å². The van der Waals surface area contributed by atoms with Gasteiger partial charge < -0.3 is 5.32 Å². The van der Waals surface area contributed by atoms with Crippen molar-refractivity contribution in [2.24, 2.45) is 5.41 Å². The second-order valence-corrected chi connectivity index (χ2v) is 5.44. The molecule has 76 valence electrons. The summed E-state index contributed by atoms with van der Waals surface area (Å²) >= 11 is 0. The van der Waals surface area contributed by atoms with Crippen LogP contribution in [0.4, 0.5) is 0 Å². The summed E-state index contributed by atoms with van der Waals surface area (Å²) < 4.78 is 0. The van der Waals surface area contributed by atoms with Gasteiger partial charge in [-0.05, 0) is 44.9 Å². The predicted molar refractivity (Wildman–Crippen MR) is 56.8 cm³/mol. The number of hydrogen-bond acceptors (Lipinski definition) is 1. The molecule has 2 aliphatic rings. The molecular formula is C12H23N. The van der Waals surface area contributed by atoms with Gasteiger partial charge in [-0.25, -0.2) is 0 Å². The largest absolute Gasteiger partial charge is 0.312 e. The molecule has 1 aliphatic carbocycles. The lowest BCUT2D eigenvalue weighted by Gasteiger charge is -2.46. The maximum absolute atomic E-state index is 3.65. The van der Waals surface area contributed by atoms with E-state index >= 15 is 0 Å². The maximum atomic E-state index is 3.65. The summed E-state index contributed by atoms with van der Waals surface area (Å²) in [6.07, 6.45) is 10.3. The molecule has 1 saturated carbocycles. The second kappa shape index (κ2) is 3.61. The molecule has 0 aromatic rings. The van der Waals surface area contributed by atoms with Crippen LogP contribution in [0.5, 0.6) is 0 Å². The Kier molecular flexibility index (Phi) is 2.64. The minimum absolute atomic E-state index is 0.738. The molecule has 13 heavy (non-hydrogen) atoms. The summed E-state index contributed by atoms with van der Waals surface area (Å²) in [7, 11) is 0. The molecule has 2 atom stereocenters. The Labute approximate surface area is 82.3 Å². The van der Waals surface area contributed by atoms with E-state index in [0.717, 1.165) is 17.5 Å². The summed E-state index contributed by atoms with van der Waals surface area (Å²) in [6.45, 7) is 4.71. The first-order valence-corrected chi connectivity index (χ1v) is 5.96. The lowest BCUT2D eigenvalue weighted by Crippen LogP contribution is -2.48. The van der Waals surface area contributed by atoms with E-state index in [4.69, 9.17) is 0 Å². The topological polar surface area (TPSA) is 12.0 Å². The van der Waals surface area contributed by atoms with Crippen molar-refractivity contribution in [2.75, 3.05) is 0 Å². The smallest absolute Gasteiger partial charge is 0.00465 e. The first-order valence-electron chi connectivity index (χ1n) is 5.96. The Morgan fingerprint density at radius 1 is 0.923 bits per heavy atom. The zero-order valence-electron chi connectivity index (χ0n) is 9.10. The number of piperidine rings is 1. The van der Waals surface area contributed by atoms with Crippen molar-refractivity contribution in [2.45, 2.75) is 70.9 Å². The monoisotopic (exact) mass is 181 g/mol. The van der Waals surface area contributed by atoms with E-state index in [0.29, 0.717) is 0 Å². The van der Waals surface area contributed by atoms with Gasteiger partial charge in [0.15, 0.2) is 0 Å². The van der Waals surface area contributed by atoms with Gasteiger partial charge in [-0.3, -0.25) is 0 Å². The second-order valence-electron chi connectivity index (χ2n) is 5.44. The molecule has 2 unspecified atom stereocenters. The highest BCUT2D eigenvalue weighted by atomic mass is 15.0. The minimum atomic E-state index is 0.738. The third kappa shape index (κ3) is 2.07. The standard InChI is InChI=1S/C12H23N/c1-10-8-12(9-11(2)13-10)6-4-3-5-7-12/h10-11,13H,3-9H2,1-2H3. The van der Waals surface area contributed by atoms with Gasteiger partial charge in [0.1, 0.15) is 0 Å². The normalized spacial score (nSPS) is 39.2. The van der Waals surface area contributed by atoms with E-state index in [-0.39, 0.29) is 0 Å². The quantitative estimate of drug-likeness (QED) is 0.605. The average Bonchev–Trinajstić information content (AvgIpc) is 2.02. The van der Waals surface area contributed by atoms with Crippen LogP contribution in [-0.4, -0.2) is 12.1 Å². The zero-order chi connectivity index (χ0) is 9.31. The average molecular weight is 181 g/mol. The van der Waals surface area contributed by atoms with E-state index in [2.05, 4.69) is 19.2 Å². The van der Waals surface area contributed by atoms with Gasteiger partial charge in [0.2, 0.25) is 0 Å². The van der Waals surface area contributed by atoms with Gasteiger partial charge in [0.25, 0.3) is 0 Å². The Bertz CT molecular complexity index is 158. The molecule has 2 rings (SSSR count). The molecule has 0 aromatic carbocycles. The molecule has 1 nitrogen and oxygen atoms in total. The van der Waals surface area contributed by atoms with Crippen LogP contribution in [-0.2, 0) is 0 Å². The van der Waals surface area contributed by atoms with Crippen molar-refractivity contribution >= 4 is 0 Å². The minimum Gasteiger partial charge on any atom is -0.312 e. The van der Waals surface area contributed by atoms with Gasteiger partial charge in [-0.1, -0.05) is 19.3 Å². The van der Waals surface area contributed by atoms with Crippen LogP contribution in [0.3, 0.4) is 0 Å². The van der Waals surface area contributed by atoms with Crippen molar-refractivity contribution in [1.29, 1.82) is 0 Å². The predicted octanol–water partition coefficient (Wildman–Crippen LogP) is 3.10. The van der Waals surface area contributed by atoms with Crippen LogP contribution < -0.4 is 5.32 Å². The summed E-state index contributed by atoms with van der Waals surface area (Å²) in [5, 5.41) is 3.65. The van der Waals surface area contributed by atoms with Crippen molar-refractivity contribution in [1.82, 2.24) is 5.32 Å². The number of nitrogens with one attached hydrogen (secondary N) is 1. The highest BCUT2D eigenvalue weighted by Crippen LogP contribution is 2.45. The SMILES string of the molecule is CC1CC2(CCCCC2)CC(C)N1. The van der Waals surface area contributed by atoms with E-state index < -0.39 is 0 Å². The van der Waals surface area contributed by atoms with E-state index in [1.807, 2.05) is 0 Å². The van der Waals surface area contributed by atoms with Crippen LogP contribution >= 0.6 is 0 Å². The van der Waals surface area contributed by atoms with Gasteiger partial charge in [-0.15, -0.1) is 0 Å². The third-order valence-corrected chi connectivity index (χ3v) is 3.96. The molecule has 0 amide bonds. The molecule has 1 aliphatic heterocycles. The Hall–Kier alpha value is -0.0400. The fourth-order valence-corrected chi connectivity index (χ4v) is 3.70. The van der Waals surface area contributed by atoms with Crippen molar-refractivity contribution < 1.29 is 0 Å². The summed E-state index contributed by atoms with van der Waals surface area (Å²) in [5.41, 5.74) is 0.738. The molecule has 0 aromatic heterocycles. The number of hydrogen-bond donors (Lipinski definition) is 1. The van der Waals surface area contributed by atoms with Crippen LogP contribution in [0.1, 0.15) is 58.8 Å². The van der Waals surface area contributed by atoms with Crippen LogP contribution in [0.2, 0.25) is 0 Å². The summed E-state index contributed by atoms with van der Waals surface area (Å²) in [6, 6.07) is 1.50. The summed E-state index contributed by atoms with van der Waals surface area (Å²) in [4.78, 5) is 0. The Morgan fingerprint density at radius 2 is 1.46 bits per heavy atom. The Balaban J connectivity index is 2.02. The molecule has 1 heteroatoms. The lowest BCUT2D eigenvalue weighted by atomic mass is 9.65. The molecular weight excluding hydrogens is 158 g/mol. The van der Waals surface area contributed by atoms with Gasteiger partial charge >= 0.3 is 0 Å². The Morgan fingerprint density at radius 3 is 2.00 bits per heavy atom. The fourth-order valence-electron chi connectivity index (χ4n) is 3.70. The fraction of sp³-hybridized carbons (Fsp3) is 1.00. The molecule has 1 heterocycles. The van der Waals surface area contributed by atoms with Crippen molar-refractivity contribution in [3.05, 3.63) is 0 Å². The van der Waals surface area contributed by atoms with Crippen LogP contribution in [0, 0.1) is 5.41 Å². The first kappa shape index (κ1) is 9.51. The van der Waals surface area contributed by atoms with Crippen molar-refractivity contribution in [3.8, 4) is 0 Å². The first-order chi connectivity index (χ1) is 6.20. The molecule has 0 radical (unpaired) electrons. The molecule has 1 saturated heterocycles. The van der Waals surface area contributed by atoms with Crippen LogP contribution in [0.15, 0.2) is 0 Å². The van der Waals surface area contributed by atoms with E-state index in [1.165, 1.54) is 44.9 Å².